The molecule has 0 atom stereocenters. The molecule has 0 aromatic rings. The Morgan fingerprint density at radius 2 is 2.00 bits per heavy atom. The predicted octanol–water partition coefficient (Wildman–Crippen LogP) is -1.51. The maximum atomic E-state index is 8.70. The molecule has 0 bridgehead atoms. The monoisotopic (exact) mass is 171 g/mol. The van der Waals surface area contributed by atoms with Gasteiger partial charge in [0.1, 0.15) is 0 Å². The first kappa shape index (κ1) is 8.48. The van der Waals surface area contributed by atoms with E-state index < -0.39 is 0 Å². The normalized spacial score (nSPS) is 26.8. The summed E-state index contributed by atoms with van der Waals surface area (Å²) in [6, 6.07) is 0. The Kier molecular flexibility index (Phi) is 2.63. The molecule has 2 fully saturated rings. The average Bonchev–Trinajstić information content (AvgIpc) is 1.89. The average molecular weight is 171 g/mol. The van der Waals surface area contributed by atoms with Gasteiger partial charge >= 0.3 is 0 Å². The van der Waals surface area contributed by atoms with Crippen molar-refractivity contribution in [1.82, 2.24) is 4.90 Å². The molecule has 0 saturated carbocycles. The highest BCUT2D eigenvalue weighted by Crippen LogP contribution is 2.19. The van der Waals surface area contributed by atoms with Crippen molar-refractivity contribution < 1.29 is 10.4 Å². The molecule has 2 heterocycles. The predicted molar refractivity (Wildman–Crippen MR) is 46.8 cm³/mol. The zero-order valence-corrected chi connectivity index (χ0v) is 7.58. The van der Waals surface area contributed by atoms with Gasteiger partial charge in [0.05, 0.1) is 19.0 Å². The van der Waals surface area contributed by atoms with Crippen LogP contribution in [0.2, 0.25) is 0 Å². The van der Waals surface area contributed by atoms with Crippen LogP contribution in [0.1, 0.15) is 6.42 Å². The Labute approximate surface area is 73.8 Å². The van der Waals surface area contributed by atoms with E-state index in [0.29, 0.717) is 6.61 Å². The van der Waals surface area contributed by atoms with E-state index in [1.54, 1.807) is 0 Å². The maximum Gasteiger partial charge on any atom is 0.0851 e. The van der Waals surface area contributed by atoms with Crippen molar-refractivity contribution in [1.29, 1.82) is 0 Å². The van der Waals surface area contributed by atoms with Crippen molar-refractivity contribution in [3.8, 4) is 0 Å². The molecule has 3 N–H and O–H groups in total. The maximum absolute atomic E-state index is 8.70. The minimum absolute atomic E-state index is 0.371. The molecule has 0 aliphatic carbocycles. The first-order valence-corrected chi connectivity index (χ1v) is 5.03. The van der Waals surface area contributed by atoms with Gasteiger partial charge in [-0.15, -0.1) is 0 Å². The van der Waals surface area contributed by atoms with Crippen LogP contribution in [0.4, 0.5) is 0 Å². The van der Waals surface area contributed by atoms with Gasteiger partial charge in [0.2, 0.25) is 0 Å². The molecule has 0 spiro atoms. The second-order valence-electron chi connectivity index (χ2n) is 4.22. The number of hydrogen-bond donors (Lipinski definition) is 2. The minimum atomic E-state index is 0.371. The van der Waals surface area contributed by atoms with Crippen LogP contribution < -0.4 is 5.32 Å². The van der Waals surface area contributed by atoms with Gasteiger partial charge in [0, 0.05) is 26.2 Å². The summed E-state index contributed by atoms with van der Waals surface area (Å²) in [5.41, 5.74) is 0. The lowest BCUT2D eigenvalue weighted by atomic mass is 9.93. The van der Waals surface area contributed by atoms with Crippen LogP contribution in [0.25, 0.3) is 0 Å². The number of nitrogens with zero attached hydrogens (tertiary/aromatic N) is 1. The van der Waals surface area contributed by atoms with E-state index in [2.05, 4.69) is 10.2 Å². The molecule has 12 heavy (non-hydrogen) atoms. The number of aliphatic hydroxyl groups is 1. The first-order valence-electron chi connectivity index (χ1n) is 5.03. The summed E-state index contributed by atoms with van der Waals surface area (Å²) in [4.78, 5) is 2.53. The van der Waals surface area contributed by atoms with Gasteiger partial charge in [0.15, 0.2) is 0 Å². The van der Waals surface area contributed by atoms with Crippen molar-refractivity contribution in [3.05, 3.63) is 0 Å². The van der Waals surface area contributed by atoms with E-state index in [4.69, 9.17) is 5.11 Å². The summed E-state index contributed by atoms with van der Waals surface area (Å²) >= 11 is 0. The van der Waals surface area contributed by atoms with Gasteiger partial charge in [-0.05, 0) is 12.3 Å². The molecule has 0 unspecified atom stereocenters. The fraction of sp³-hybridized carbons (Fsp3) is 1.00. The lowest BCUT2D eigenvalue weighted by molar-refractivity contribution is -0.723. The zero-order valence-electron chi connectivity index (χ0n) is 7.58. The number of quaternary nitrogens is 1. The smallest absolute Gasteiger partial charge is 0.0851 e. The molecule has 3 nitrogen and oxygen atoms in total. The summed E-state index contributed by atoms with van der Waals surface area (Å²) in [6.07, 6.45) is 1.01. The standard InChI is InChI=1S/C9H18N2O/c12-2-1-8-5-11(6-8)7-9-3-10-4-9/h8-10,12H,1-7H2/p+1. The molecule has 3 heteroatoms. The number of hydrogen-bond acceptors (Lipinski definition) is 2. The Hall–Kier alpha value is -0.120. The molecule has 0 radical (unpaired) electrons. The number of aliphatic hydroxyl groups excluding tert-OH is 1. The van der Waals surface area contributed by atoms with Crippen molar-refractivity contribution >= 4 is 0 Å². The second-order valence-corrected chi connectivity index (χ2v) is 4.22. The van der Waals surface area contributed by atoms with Crippen LogP contribution in [0.3, 0.4) is 0 Å². The quantitative estimate of drug-likeness (QED) is 0.540. The SMILES string of the molecule is OCCC1CN(CC2C[NH2+]C2)C1. The minimum Gasteiger partial charge on any atom is -0.396 e. The molecule has 70 valence electrons. The van der Waals surface area contributed by atoms with Crippen molar-refractivity contribution in [2.75, 3.05) is 39.3 Å². The van der Waals surface area contributed by atoms with E-state index in [0.717, 1.165) is 18.3 Å². The van der Waals surface area contributed by atoms with Crippen molar-refractivity contribution in [2.45, 2.75) is 6.42 Å². The van der Waals surface area contributed by atoms with Gasteiger partial charge in [0.25, 0.3) is 0 Å². The van der Waals surface area contributed by atoms with E-state index in [-0.39, 0.29) is 0 Å². The van der Waals surface area contributed by atoms with Gasteiger partial charge in [-0.2, -0.15) is 0 Å². The van der Waals surface area contributed by atoms with Crippen LogP contribution in [-0.2, 0) is 0 Å². The highest BCUT2D eigenvalue weighted by atomic mass is 16.3. The summed E-state index contributed by atoms with van der Waals surface area (Å²) in [5.74, 6) is 1.75. The van der Waals surface area contributed by atoms with E-state index in [9.17, 15) is 0 Å². The molecule has 0 aromatic heterocycles. The highest BCUT2D eigenvalue weighted by molar-refractivity contribution is 4.81. The second kappa shape index (κ2) is 3.73. The third-order valence-corrected chi connectivity index (χ3v) is 3.09. The molecular weight excluding hydrogens is 152 g/mol. The van der Waals surface area contributed by atoms with Crippen LogP contribution in [0.15, 0.2) is 0 Å². The molecule has 0 aromatic carbocycles. The number of nitrogens with two attached hydrogens (primary N) is 1. The van der Waals surface area contributed by atoms with Gasteiger partial charge in [-0.25, -0.2) is 0 Å². The van der Waals surface area contributed by atoms with Crippen molar-refractivity contribution in [3.63, 3.8) is 0 Å². The van der Waals surface area contributed by atoms with Crippen molar-refractivity contribution in [2.24, 2.45) is 11.8 Å². The van der Waals surface area contributed by atoms with Crippen LogP contribution >= 0.6 is 0 Å². The zero-order chi connectivity index (χ0) is 8.39. The third kappa shape index (κ3) is 1.79. The molecule has 2 saturated heterocycles. The van der Waals surface area contributed by atoms with E-state index in [1.165, 1.54) is 32.7 Å². The van der Waals surface area contributed by atoms with Gasteiger partial charge in [-0.1, -0.05) is 0 Å². The summed E-state index contributed by atoms with van der Waals surface area (Å²) in [6.45, 7) is 6.81. The summed E-state index contributed by atoms with van der Waals surface area (Å²) in [5, 5.41) is 11.1. The lowest BCUT2D eigenvalue weighted by Crippen LogP contribution is -2.97. The van der Waals surface area contributed by atoms with Crippen LogP contribution in [0.5, 0.6) is 0 Å². The summed E-state index contributed by atoms with van der Waals surface area (Å²) < 4.78 is 0. The lowest BCUT2D eigenvalue weighted by Gasteiger charge is -2.41. The van der Waals surface area contributed by atoms with E-state index in [1.807, 2.05) is 0 Å². The fourth-order valence-corrected chi connectivity index (χ4v) is 2.11. The Bertz CT molecular complexity index is 141. The molecular formula is C9H19N2O+. The Balaban J connectivity index is 1.55. The topological polar surface area (TPSA) is 40.1 Å². The number of rotatable bonds is 4. The molecule has 0 amide bonds. The fourth-order valence-electron chi connectivity index (χ4n) is 2.11. The summed E-state index contributed by atoms with van der Waals surface area (Å²) in [7, 11) is 0. The Morgan fingerprint density at radius 3 is 2.50 bits per heavy atom. The Morgan fingerprint density at radius 1 is 1.25 bits per heavy atom. The highest BCUT2D eigenvalue weighted by Gasteiger charge is 2.31. The molecule has 2 aliphatic heterocycles. The molecule has 2 rings (SSSR count). The van der Waals surface area contributed by atoms with Gasteiger partial charge in [-0.3, -0.25) is 0 Å². The van der Waals surface area contributed by atoms with Crippen LogP contribution in [-0.4, -0.2) is 49.3 Å². The third-order valence-electron chi connectivity index (χ3n) is 3.09. The largest absolute Gasteiger partial charge is 0.396 e. The molecule has 2 aliphatic rings. The first-order chi connectivity index (χ1) is 5.88. The van der Waals surface area contributed by atoms with Crippen LogP contribution in [0, 0.1) is 11.8 Å². The van der Waals surface area contributed by atoms with Gasteiger partial charge < -0.3 is 15.3 Å². The van der Waals surface area contributed by atoms with E-state index >= 15 is 0 Å². The number of likely N-dealkylation sites (tertiary alicyclic amines) is 1.